The SMILES string of the molecule is O=C(Nc1ccccc1)N1CCC2(OCCN2S(=O)(=O)c2ccccn2)C(F)C1. The van der Waals surface area contributed by atoms with Crippen molar-refractivity contribution in [2.45, 2.75) is 23.3 Å². The summed E-state index contributed by atoms with van der Waals surface area (Å²) in [7, 11) is -4.03. The van der Waals surface area contributed by atoms with Crippen molar-refractivity contribution in [3.05, 3.63) is 54.7 Å². The summed E-state index contributed by atoms with van der Waals surface area (Å²) in [5.74, 6) is 0. The van der Waals surface area contributed by atoms with Gasteiger partial charge in [0.15, 0.2) is 16.9 Å². The summed E-state index contributed by atoms with van der Waals surface area (Å²) < 4.78 is 48.1. The van der Waals surface area contributed by atoms with Gasteiger partial charge < -0.3 is 15.0 Å². The van der Waals surface area contributed by atoms with Crippen LogP contribution in [0.1, 0.15) is 6.42 Å². The second-order valence-corrected chi connectivity index (χ2v) is 8.71. The molecule has 2 amide bonds. The number of aromatic nitrogens is 1. The average molecular weight is 420 g/mol. The van der Waals surface area contributed by atoms with Gasteiger partial charge in [-0.05, 0) is 24.3 Å². The van der Waals surface area contributed by atoms with Crippen molar-refractivity contribution >= 4 is 21.7 Å². The number of halogens is 1. The minimum atomic E-state index is -4.03. The smallest absolute Gasteiger partial charge is 0.321 e. The molecule has 29 heavy (non-hydrogen) atoms. The number of nitrogens with one attached hydrogen (secondary N) is 1. The predicted octanol–water partition coefficient (Wildman–Crippen LogP) is 2.07. The molecule has 1 N–H and O–H groups in total. The normalized spacial score (nSPS) is 25.3. The molecule has 0 radical (unpaired) electrons. The molecule has 0 saturated carbocycles. The first-order valence-electron chi connectivity index (χ1n) is 9.26. The molecule has 3 heterocycles. The van der Waals surface area contributed by atoms with Crippen molar-refractivity contribution in [1.29, 1.82) is 0 Å². The first-order valence-corrected chi connectivity index (χ1v) is 10.7. The Balaban J connectivity index is 1.51. The fourth-order valence-corrected chi connectivity index (χ4v) is 5.38. The van der Waals surface area contributed by atoms with Crippen molar-refractivity contribution in [3.8, 4) is 0 Å². The lowest BCUT2D eigenvalue weighted by atomic mass is 9.99. The summed E-state index contributed by atoms with van der Waals surface area (Å²) in [5.41, 5.74) is -1.02. The number of pyridine rings is 1. The first kappa shape index (κ1) is 19.7. The van der Waals surface area contributed by atoms with Gasteiger partial charge in [0.25, 0.3) is 10.0 Å². The molecule has 2 saturated heterocycles. The molecule has 0 aliphatic carbocycles. The number of carbonyl (C=O) groups excluding carboxylic acids is 1. The molecule has 2 aliphatic heterocycles. The number of anilines is 1. The number of nitrogens with zero attached hydrogens (tertiary/aromatic N) is 3. The van der Waals surface area contributed by atoms with E-state index >= 15 is 4.39 Å². The van der Waals surface area contributed by atoms with Gasteiger partial charge in [0.05, 0.1) is 13.2 Å². The third kappa shape index (κ3) is 3.59. The maximum absolute atomic E-state index is 15.3. The van der Waals surface area contributed by atoms with Crippen LogP contribution in [0, 0.1) is 0 Å². The Morgan fingerprint density at radius 1 is 1.17 bits per heavy atom. The number of para-hydroxylation sites is 1. The molecule has 2 aromatic rings. The zero-order valence-corrected chi connectivity index (χ0v) is 16.4. The molecular formula is C19H21FN4O4S. The number of hydrogen-bond acceptors (Lipinski definition) is 5. The number of urea groups is 1. The van der Waals surface area contributed by atoms with Gasteiger partial charge in [0.1, 0.15) is 0 Å². The van der Waals surface area contributed by atoms with E-state index in [0.717, 1.165) is 4.31 Å². The summed E-state index contributed by atoms with van der Waals surface area (Å²) in [6, 6.07) is 13.0. The second-order valence-electron chi connectivity index (χ2n) is 6.90. The zero-order valence-electron chi connectivity index (χ0n) is 15.6. The van der Waals surface area contributed by atoms with Crippen LogP contribution < -0.4 is 5.32 Å². The summed E-state index contributed by atoms with van der Waals surface area (Å²) in [5, 5.41) is 2.56. The lowest BCUT2D eigenvalue weighted by Crippen LogP contribution is -2.63. The highest BCUT2D eigenvalue weighted by molar-refractivity contribution is 7.89. The Morgan fingerprint density at radius 3 is 2.62 bits per heavy atom. The zero-order chi connectivity index (χ0) is 20.5. The molecule has 10 heteroatoms. The number of piperidine rings is 1. The molecule has 8 nitrogen and oxygen atoms in total. The number of carbonyl (C=O) groups is 1. The highest BCUT2D eigenvalue weighted by Crippen LogP contribution is 2.39. The number of alkyl halides is 1. The van der Waals surface area contributed by atoms with Crippen molar-refractivity contribution in [3.63, 3.8) is 0 Å². The average Bonchev–Trinajstić information content (AvgIpc) is 3.17. The van der Waals surface area contributed by atoms with Gasteiger partial charge in [0.2, 0.25) is 0 Å². The molecule has 154 valence electrons. The molecule has 0 bridgehead atoms. The highest BCUT2D eigenvalue weighted by Gasteiger charge is 2.57. The van der Waals surface area contributed by atoms with Gasteiger partial charge >= 0.3 is 6.03 Å². The van der Waals surface area contributed by atoms with Gasteiger partial charge in [-0.15, -0.1) is 0 Å². The van der Waals surface area contributed by atoms with E-state index in [1.54, 1.807) is 36.4 Å². The Morgan fingerprint density at radius 2 is 1.93 bits per heavy atom. The van der Waals surface area contributed by atoms with E-state index in [0.29, 0.717) is 5.69 Å². The van der Waals surface area contributed by atoms with Crippen LogP contribution in [0.25, 0.3) is 0 Å². The fraction of sp³-hybridized carbons (Fsp3) is 0.368. The maximum atomic E-state index is 15.3. The Bertz CT molecular complexity index is 976. The van der Waals surface area contributed by atoms with E-state index in [-0.39, 0.29) is 37.7 Å². The van der Waals surface area contributed by atoms with E-state index in [1.165, 1.54) is 17.2 Å². The predicted molar refractivity (Wildman–Crippen MR) is 103 cm³/mol. The van der Waals surface area contributed by atoms with Crippen molar-refractivity contribution in [2.75, 3.05) is 31.6 Å². The molecule has 2 aliphatic rings. The number of ether oxygens (including phenoxy) is 1. The van der Waals surface area contributed by atoms with Gasteiger partial charge in [0, 0.05) is 31.4 Å². The topological polar surface area (TPSA) is 91.8 Å². The van der Waals surface area contributed by atoms with Crippen molar-refractivity contribution in [1.82, 2.24) is 14.2 Å². The van der Waals surface area contributed by atoms with Gasteiger partial charge in [-0.1, -0.05) is 24.3 Å². The summed E-state index contributed by atoms with van der Waals surface area (Å²) in [6.45, 7) is 0.0124. The van der Waals surface area contributed by atoms with Crippen LogP contribution in [0.3, 0.4) is 0 Å². The summed E-state index contributed by atoms with van der Waals surface area (Å²) in [4.78, 5) is 17.7. The van der Waals surface area contributed by atoms with E-state index in [2.05, 4.69) is 10.3 Å². The molecule has 2 atom stereocenters. The number of likely N-dealkylation sites (tertiary alicyclic amines) is 1. The third-order valence-electron chi connectivity index (χ3n) is 5.18. The maximum Gasteiger partial charge on any atom is 0.321 e. The molecule has 2 fully saturated rings. The molecule has 1 aromatic carbocycles. The number of hydrogen-bond donors (Lipinski definition) is 1. The lowest BCUT2D eigenvalue weighted by molar-refractivity contribution is -0.135. The van der Waals surface area contributed by atoms with Crippen LogP contribution >= 0.6 is 0 Å². The molecule has 1 spiro atoms. The van der Waals surface area contributed by atoms with Crippen LogP contribution in [0.4, 0.5) is 14.9 Å². The van der Waals surface area contributed by atoms with Crippen LogP contribution in [0.5, 0.6) is 0 Å². The molecule has 4 rings (SSSR count). The lowest BCUT2D eigenvalue weighted by Gasteiger charge is -2.44. The van der Waals surface area contributed by atoms with Gasteiger partial charge in [-0.25, -0.2) is 22.6 Å². The van der Waals surface area contributed by atoms with Crippen LogP contribution in [0.2, 0.25) is 0 Å². The Kier molecular flexibility index (Phi) is 5.24. The van der Waals surface area contributed by atoms with E-state index < -0.39 is 28.0 Å². The van der Waals surface area contributed by atoms with Crippen LogP contribution in [-0.2, 0) is 14.8 Å². The Labute approximate surface area is 168 Å². The monoisotopic (exact) mass is 420 g/mol. The minimum Gasteiger partial charge on any atom is -0.355 e. The summed E-state index contributed by atoms with van der Waals surface area (Å²) >= 11 is 0. The van der Waals surface area contributed by atoms with Crippen LogP contribution in [-0.4, -0.2) is 66.8 Å². The third-order valence-corrected chi connectivity index (χ3v) is 7.03. The summed E-state index contributed by atoms with van der Waals surface area (Å²) in [6.07, 6.45) is -0.290. The first-order chi connectivity index (χ1) is 13.9. The van der Waals surface area contributed by atoms with Gasteiger partial charge in [-0.3, -0.25) is 0 Å². The number of rotatable bonds is 3. The van der Waals surface area contributed by atoms with Crippen molar-refractivity contribution < 1.29 is 22.3 Å². The van der Waals surface area contributed by atoms with Crippen LogP contribution in [0.15, 0.2) is 59.8 Å². The fourth-order valence-electron chi connectivity index (χ4n) is 3.73. The standard InChI is InChI=1S/C19H21FN4O4S/c20-16-14-23(18(25)22-15-6-2-1-3-7-15)11-9-19(16)24(12-13-28-19)29(26,27)17-8-4-5-10-21-17/h1-8,10,16H,9,11-14H2,(H,22,25). The number of sulfonamides is 1. The Hall–Kier alpha value is -2.56. The molecule has 1 aromatic heterocycles. The minimum absolute atomic E-state index is 0.0302. The number of benzene rings is 1. The molecular weight excluding hydrogens is 399 g/mol. The number of amides is 2. The largest absolute Gasteiger partial charge is 0.355 e. The molecule has 2 unspecified atom stereocenters. The van der Waals surface area contributed by atoms with Gasteiger partial charge in [-0.2, -0.15) is 4.31 Å². The quantitative estimate of drug-likeness (QED) is 0.821. The van der Waals surface area contributed by atoms with E-state index in [1.807, 2.05) is 6.07 Å². The van der Waals surface area contributed by atoms with E-state index in [9.17, 15) is 13.2 Å². The van der Waals surface area contributed by atoms with Crippen molar-refractivity contribution in [2.24, 2.45) is 0 Å². The van der Waals surface area contributed by atoms with E-state index in [4.69, 9.17) is 4.74 Å². The highest BCUT2D eigenvalue weighted by atomic mass is 32.2. The second kappa shape index (κ2) is 7.69.